The van der Waals surface area contributed by atoms with Gasteiger partial charge in [0.25, 0.3) is 0 Å². The molecule has 1 atom stereocenters. The van der Waals surface area contributed by atoms with Crippen LogP contribution in [0.1, 0.15) is 18.5 Å². The molecule has 66 valence electrons. The third-order valence-corrected chi connectivity index (χ3v) is 2.25. The van der Waals surface area contributed by atoms with Gasteiger partial charge in [-0.2, -0.15) is 0 Å². The van der Waals surface area contributed by atoms with E-state index in [9.17, 15) is 0 Å². The fraction of sp³-hybridized carbons (Fsp3) is 0.333. The predicted octanol–water partition coefficient (Wildman–Crippen LogP) is 2.20. The quantitative estimate of drug-likeness (QED) is 0.692. The van der Waals surface area contributed by atoms with Gasteiger partial charge in [0.15, 0.2) is 0 Å². The Morgan fingerprint density at radius 3 is 2.67 bits per heavy atom. The first-order valence-electron chi connectivity index (χ1n) is 3.87. The molecular formula is C9H13ClN2. The lowest BCUT2D eigenvalue weighted by Crippen LogP contribution is -2.12. The zero-order valence-corrected chi connectivity index (χ0v) is 8.02. The number of nitrogens with one attached hydrogen (secondary N) is 1. The summed E-state index contributed by atoms with van der Waals surface area (Å²) in [4.78, 5) is 0. The number of hydrogen-bond acceptors (Lipinski definition) is 2. The van der Waals surface area contributed by atoms with Crippen LogP contribution in [0.4, 0.5) is 5.69 Å². The van der Waals surface area contributed by atoms with Crippen molar-refractivity contribution < 1.29 is 0 Å². The monoisotopic (exact) mass is 184 g/mol. The summed E-state index contributed by atoms with van der Waals surface area (Å²) in [5.74, 6) is 0. The number of anilines is 1. The Labute approximate surface area is 77.7 Å². The van der Waals surface area contributed by atoms with Gasteiger partial charge in [-0.1, -0.05) is 17.7 Å². The smallest absolute Gasteiger partial charge is 0.0474 e. The van der Waals surface area contributed by atoms with Crippen LogP contribution in [0.3, 0.4) is 0 Å². The minimum absolute atomic E-state index is 0.262. The second kappa shape index (κ2) is 3.78. The summed E-state index contributed by atoms with van der Waals surface area (Å²) in [5.41, 5.74) is 7.34. The van der Waals surface area contributed by atoms with Gasteiger partial charge in [0.05, 0.1) is 0 Å². The Morgan fingerprint density at radius 2 is 2.17 bits per heavy atom. The highest BCUT2D eigenvalue weighted by molar-refractivity contribution is 6.31. The summed E-state index contributed by atoms with van der Waals surface area (Å²) in [6, 6.07) is 5.83. The number of halogens is 1. The first kappa shape index (κ1) is 9.36. The molecule has 0 saturated carbocycles. The van der Waals surface area contributed by atoms with Gasteiger partial charge in [0.1, 0.15) is 0 Å². The van der Waals surface area contributed by atoms with Crippen molar-refractivity contribution in [2.24, 2.45) is 0 Å². The fourth-order valence-electron chi connectivity index (χ4n) is 1.05. The standard InChI is InChI=1S/C9H13ClN2/c1-6(12-2)8-4-3-7(11)5-9(8)10/h3-6,12H,11H2,1-2H3/t6-/m0/s1. The van der Waals surface area contributed by atoms with Gasteiger partial charge in [-0.3, -0.25) is 0 Å². The molecule has 0 aliphatic rings. The van der Waals surface area contributed by atoms with E-state index in [0.29, 0.717) is 5.69 Å². The summed E-state index contributed by atoms with van der Waals surface area (Å²) >= 11 is 5.98. The third kappa shape index (κ3) is 1.90. The van der Waals surface area contributed by atoms with Crippen LogP contribution < -0.4 is 11.1 Å². The van der Waals surface area contributed by atoms with E-state index < -0.39 is 0 Å². The lowest BCUT2D eigenvalue weighted by Gasteiger charge is -2.12. The second-order valence-corrected chi connectivity index (χ2v) is 3.20. The van der Waals surface area contributed by atoms with Crippen molar-refractivity contribution in [2.75, 3.05) is 12.8 Å². The van der Waals surface area contributed by atoms with Gasteiger partial charge in [-0.05, 0) is 31.7 Å². The largest absolute Gasteiger partial charge is 0.399 e. The van der Waals surface area contributed by atoms with E-state index in [1.165, 1.54) is 0 Å². The number of hydrogen-bond donors (Lipinski definition) is 2. The summed E-state index contributed by atoms with van der Waals surface area (Å²) in [6.07, 6.45) is 0. The van der Waals surface area contributed by atoms with Crippen molar-refractivity contribution in [1.29, 1.82) is 0 Å². The number of benzene rings is 1. The molecule has 0 saturated heterocycles. The van der Waals surface area contributed by atoms with Crippen molar-refractivity contribution in [3.63, 3.8) is 0 Å². The zero-order chi connectivity index (χ0) is 9.14. The molecular weight excluding hydrogens is 172 g/mol. The maximum atomic E-state index is 5.98. The van der Waals surface area contributed by atoms with E-state index >= 15 is 0 Å². The summed E-state index contributed by atoms with van der Waals surface area (Å²) in [6.45, 7) is 2.05. The molecule has 12 heavy (non-hydrogen) atoms. The average molecular weight is 185 g/mol. The molecule has 0 radical (unpaired) electrons. The Balaban J connectivity index is 3.01. The number of nitrogen functional groups attached to an aromatic ring is 1. The lowest BCUT2D eigenvalue weighted by atomic mass is 10.1. The first-order valence-corrected chi connectivity index (χ1v) is 4.25. The minimum Gasteiger partial charge on any atom is -0.399 e. The molecule has 3 heteroatoms. The van der Waals surface area contributed by atoms with Crippen molar-refractivity contribution in [3.8, 4) is 0 Å². The molecule has 1 aromatic rings. The molecule has 3 N–H and O–H groups in total. The molecule has 0 fully saturated rings. The molecule has 0 aliphatic heterocycles. The van der Waals surface area contributed by atoms with E-state index in [0.717, 1.165) is 10.6 Å². The lowest BCUT2D eigenvalue weighted by molar-refractivity contribution is 0.653. The van der Waals surface area contributed by atoms with Crippen LogP contribution in [0, 0.1) is 0 Å². The summed E-state index contributed by atoms with van der Waals surface area (Å²) in [5, 5.41) is 3.84. The van der Waals surface area contributed by atoms with Crippen LogP contribution in [-0.4, -0.2) is 7.05 Å². The van der Waals surface area contributed by atoms with Crippen molar-refractivity contribution in [1.82, 2.24) is 5.32 Å². The van der Waals surface area contributed by atoms with Crippen molar-refractivity contribution in [3.05, 3.63) is 28.8 Å². The minimum atomic E-state index is 0.262. The Morgan fingerprint density at radius 1 is 1.50 bits per heavy atom. The Hall–Kier alpha value is -0.730. The van der Waals surface area contributed by atoms with Crippen LogP contribution in [0.5, 0.6) is 0 Å². The van der Waals surface area contributed by atoms with Crippen LogP contribution in [0.15, 0.2) is 18.2 Å². The Bertz CT molecular complexity index is 273. The van der Waals surface area contributed by atoms with E-state index in [-0.39, 0.29) is 6.04 Å². The average Bonchev–Trinajstić information content (AvgIpc) is 2.03. The fourth-order valence-corrected chi connectivity index (χ4v) is 1.40. The van der Waals surface area contributed by atoms with Crippen LogP contribution in [0.2, 0.25) is 5.02 Å². The summed E-state index contributed by atoms with van der Waals surface area (Å²) < 4.78 is 0. The third-order valence-electron chi connectivity index (χ3n) is 1.92. The van der Waals surface area contributed by atoms with Gasteiger partial charge in [0, 0.05) is 16.8 Å². The first-order chi connectivity index (χ1) is 5.65. The second-order valence-electron chi connectivity index (χ2n) is 2.79. The predicted molar refractivity (Wildman–Crippen MR) is 53.3 cm³/mol. The van der Waals surface area contributed by atoms with Gasteiger partial charge in [-0.25, -0.2) is 0 Å². The maximum absolute atomic E-state index is 5.98. The van der Waals surface area contributed by atoms with Gasteiger partial charge in [0.2, 0.25) is 0 Å². The van der Waals surface area contributed by atoms with Gasteiger partial charge < -0.3 is 11.1 Å². The Kier molecular flexibility index (Phi) is 2.95. The van der Waals surface area contributed by atoms with E-state index in [1.807, 2.05) is 19.2 Å². The molecule has 0 heterocycles. The molecule has 2 nitrogen and oxygen atoms in total. The molecule has 1 aromatic carbocycles. The maximum Gasteiger partial charge on any atom is 0.0474 e. The molecule has 0 spiro atoms. The SMILES string of the molecule is CN[C@@H](C)c1ccc(N)cc1Cl. The number of nitrogens with two attached hydrogens (primary N) is 1. The highest BCUT2D eigenvalue weighted by atomic mass is 35.5. The molecule has 1 rings (SSSR count). The molecule has 0 aromatic heterocycles. The summed E-state index contributed by atoms with van der Waals surface area (Å²) in [7, 11) is 1.90. The highest BCUT2D eigenvalue weighted by Crippen LogP contribution is 2.24. The van der Waals surface area contributed by atoms with Crippen LogP contribution >= 0.6 is 11.6 Å². The van der Waals surface area contributed by atoms with Crippen LogP contribution in [-0.2, 0) is 0 Å². The molecule has 0 bridgehead atoms. The van der Waals surface area contributed by atoms with E-state index in [2.05, 4.69) is 12.2 Å². The molecule has 0 unspecified atom stereocenters. The van der Waals surface area contributed by atoms with E-state index in [4.69, 9.17) is 17.3 Å². The van der Waals surface area contributed by atoms with Gasteiger partial charge in [-0.15, -0.1) is 0 Å². The van der Waals surface area contributed by atoms with E-state index in [1.54, 1.807) is 6.07 Å². The zero-order valence-electron chi connectivity index (χ0n) is 7.26. The highest BCUT2D eigenvalue weighted by Gasteiger charge is 2.06. The molecule has 0 aliphatic carbocycles. The molecule has 0 amide bonds. The number of rotatable bonds is 2. The van der Waals surface area contributed by atoms with Crippen LogP contribution in [0.25, 0.3) is 0 Å². The van der Waals surface area contributed by atoms with Gasteiger partial charge >= 0.3 is 0 Å². The topological polar surface area (TPSA) is 38.0 Å². The normalized spacial score (nSPS) is 12.9. The van der Waals surface area contributed by atoms with Crippen molar-refractivity contribution >= 4 is 17.3 Å². The van der Waals surface area contributed by atoms with Crippen molar-refractivity contribution in [2.45, 2.75) is 13.0 Å².